The first kappa shape index (κ1) is 23.6. The Morgan fingerprint density at radius 1 is 1.14 bits per heavy atom. The quantitative estimate of drug-likeness (QED) is 0.500. The van der Waals surface area contributed by atoms with Gasteiger partial charge in [0, 0.05) is 21.9 Å². The fraction of sp³-hybridized carbons (Fsp3) is 0.696. The van der Waals surface area contributed by atoms with Gasteiger partial charge in [-0.15, -0.1) is 23.5 Å². The predicted molar refractivity (Wildman–Crippen MR) is 126 cm³/mol. The Morgan fingerprint density at radius 3 is 2.61 bits per heavy atom. The van der Waals surface area contributed by atoms with Crippen molar-refractivity contribution in [1.29, 1.82) is 0 Å². The Bertz CT molecular complexity index is 606. The van der Waals surface area contributed by atoms with Crippen molar-refractivity contribution in [3.8, 4) is 0 Å². The highest BCUT2D eigenvalue weighted by molar-refractivity contribution is 8.04. The largest absolute Gasteiger partial charge is 0.355 e. The number of nitrogens with one attached hydrogen (secondary N) is 1. The molecule has 1 aliphatic carbocycles. The number of aryl methyl sites for hydroxylation is 2. The molecule has 0 heterocycles. The third-order valence-electron chi connectivity index (χ3n) is 5.23. The van der Waals surface area contributed by atoms with Crippen molar-refractivity contribution < 1.29 is 4.79 Å². The lowest BCUT2D eigenvalue weighted by molar-refractivity contribution is -0.118. The molecule has 1 aromatic carbocycles. The summed E-state index contributed by atoms with van der Waals surface area (Å²) in [5, 5.41) is 4.31. The average molecular weight is 423 g/mol. The molecule has 1 fully saturated rings. The molecule has 2 atom stereocenters. The van der Waals surface area contributed by atoms with Gasteiger partial charge in [0.2, 0.25) is 5.91 Å². The molecule has 0 bridgehead atoms. The van der Waals surface area contributed by atoms with Crippen molar-refractivity contribution in [2.24, 2.45) is 0 Å². The first-order valence-electron chi connectivity index (χ1n) is 10.8. The summed E-state index contributed by atoms with van der Waals surface area (Å²) in [4.78, 5) is 15.8. The molecule has 3 nitrogen and oxygen atoms in total. The van der Waals surface area contributed by atoms with E-state index in [-0.39, 0.29) is 5.91 Å². The molecule has 1 aliphatic rings. The monoisotopic (exact) mass is 422 g/mol. The van der Waals surface area contributed by atoms with Crippen LogP contribution in [0.4, 0.5) is 0 Å². The normalized spacial score (nSPS) is 19.8. The van der Waals surface area contributed by atoms with Gasteiger partial charge in [-0.25, -0.2) is 0 Å². The number of thioether (sulfide) groups is 2. The van der Waals surface area contributed by atoms with E-state index in [4.69, 9.17) is 0 Å². The van der Waals surface area contributed by atoms with Crippen LogP contribution in [0.1, 0.15) is 56.6 Å². The topological polar surface area (TPSA) is 32.3 Å². The van der Waals surface area contributed by atoms with Crippen LogP contribution in [0.25, 0.3) is 0 Å². The maximum absolute atomic E-state index is 12.2. The zero-order valence-corrected chi connectivity index (χ0v) is 19.8. The number of carbonyl (C=O) groups excluding carboxylic acids is 1. The second-order valence-electron chi connectivity index (χ2n) is 8.16. The molecule has 0 saturated heterocycles. The van der Waals surface area contributed by atoms with Crippen molar-refractivity contribution in [2.45, 2.75) is 74.2 Å². The number of hydrogen-bond acceptors (Lipinski definition) is 4. The van der Waals surface area contributed by atoms with Gasteiger partial charge in [0.25, 0.3) is 0 Å². The molecule has 2 rings (SSSR count). The molecular formula is C23H38N2OS2. The molecule has 158 valence electrons. The highest BCUT2D eigenvalue weighted by Gasteiger charge is 2.27. The smallest absolute Gasteiger partial charge is 0.230 e. The minimum absolute atomic E-state index is 0.202. The molecule has 1 N–H and O–H groups in total. The maximum atomic E-state index is 12.2. The minimum Gasteiger partial charge on any atom is -0.355 e. The van der Waals surface area contributed by atoms with Gasteiger partial charge in [-0.2, -0.15) is 0 Å². The van der Waals surface area contributed by atoms with Gasteiger partial charge in [-0.05, 0) is 82.9 Å². The zero-order valence-electron chi connectivity index (χ0n) is 18.1. The first-order chi connectivity index (χ1) is 13.5. The molecule has 1 saturated carbocycles. The van der Waals surface area contributed by atoms with E-state index >= 15 is 0 Å². The zero-order chi connectivity index (χ0) is 20.4. The fourth-order valence-electron chi connectivity index (χ4n) is 3.67. The van der Waals surface area contributed by atoms with Gasteiger partial charge in [-0.1, -0.05) is 25.8 Å². The molecule has 0 radical (unpaired) electrons. The number of carbonyl (C=O) groups is 1. The molecule has 1 amide bonds. The Kier molecular flexibility index (Phi) is 10.8. The van der Waals surface area contributed by atoms with Gasteiger partial charge in [-0.3, -0.25) is 4.79 Å². The van der Waals surface area contributed by atoms with Gasteiger partial charge in [0.15, 0.2) is 0 Å². The summed E-state index contributed by atoms with van der Waals surface area (Å²) < 4.78 is 0. The molecule has 1 unspecified atom stereocenters. The molecular weight excluding hydrogens is 384 g/mol. The molecule has 1 aromatic rings. The van der Waals surface area contributed by atoms with Gasteiger partial charge in [0.05, 0.1) is 5.75 Å². The van der Waals surface area contributed by atoms with Crippen molar-refractivity contribution >= 4 is 29.4 Å². The van der Waals surface area contributed by atoms with Crippen LogP contribution < -0.4 is 5.32 Å². The van der Waals surface area contributed by atoms with Crippen LogP contribution in [-0.4, -0.2) is 54.2 Å². The van der Waals surface area contributed by atoms with Crippen LogP contribution in [0.2, 0.25) is 0 Å². The van der Waals surface area contributed by atoms with Crippen molar-refractivity contribution in [3.05, 3.63) is 29.3 Å². The minimum atomic E-state index is 0.202. The van der Waals surface area contributed by atoms with Crippen LogP contribution in [0, 0.1) is 6.92 Å². The SMILES string of the molecule is CCc1cc(C)cc(S[C@H]2CCCCC2SCC(=O)NCCCCN(C)C)c1. The fourth-order valence-corrected chi connectivity index (χ4v) is 6.62. The van der Waals surface area contributed by atoms with E-state index in [1.54, 1.807) is 0 Å². The number of rotatable bonds is 11. The van der Waals surface area contributed by atoms with E-state index in [0.29, 0.717) is 16.3 Å². The van der Waals surface area contributed by atoms with Crippen LogP contribution in [-0.2, 0) is 11.2 Å². The Hall–Kier alpha value is -0.650. The lowest BCUT2D eigenvalue weighted by Crippen LogP contribution is -2.30. The van der Waals surface area contributed by atoms with Gasteiger partial charge in [0.1, 0.15) is 0 Å². The molecule has 0 aromatic heterocycles. The Labute approximate surface area is 180 Å². The predicted octanol–water partition coefficient (Wildman–Crippen LogP) is 5.15. The van der Waals surface area contributed by atoms with E-state index in [2.05, 4.69) is 56.4 Å². The number of hydrogen-bond donors (Lipinski definition) is 1. The average Bonchev–Trinajstić information content (AvgIpc) is 2.66. The first-order valence-corrected chi connectivity index (χ1v) is 12.7. The Morgan fingerprint density at radius 2 is 1.89 bits per heavy atom. The number of nitrogens with zero attached hydrogens (tertiary/aromatic N) is 1. The second-order valence-corrected chi connectivity index (χ2v) is 10.7. The summed E-state index contributed by atoms with van der Waals surface area (Å²) in [6.45, 7) is 6.31. The van der Waals surface area contributed by atoms with E-state index in [1.165, 1.54) is 41.7 Å². The van der Waals surface area contributed by atoms with Gasteiger partial charge >= 0.3 is 0 Å². The summed E-state index contributed by atoms with van der Waals surface area (Å²) in [6, 6.07) is 6.97. The van der Waals surface area contributed by atoms with Crippen molar-refractivity contribution in [1.82, 2.24) is 10.2 Å². The lowest BCUT2D eigenvalue weighted by atomic mass is 10.00. The second kappa shape index (κ2) is 12.8. The summed E-state index contributed by atoms with van der Waals surface area (Å²) in [5.41, 5.74) is 2.78. The lowest BCUT2D eigenvalue weighted by Gasteiger charge is -2.30. The van der Waals surface area contributed by atoms with Crippen LogP contribution in [0.5, 0.6) is 0 Å². The number of unbranched alkanes of at least 4 members (excludes halogenated alkanes) is 1. The Balaban J connectivity index is 1.78. The third-order valence-corrected chi connectivity index (χ3v) is 8.20. The van der Waals surface area contributed by atoms with Crippen molar-refractivity contribution in [3.63, 3.8) is 0 Å². The van der Waals surface area contributed by atoms with Gasteiger partial charge < -0.3 is 10.2 Å². The molecule has 0 aliphatic heterocycles. The van der Waals surface area contributed by atoms with E-state index in [0.717, 1.165) is 32.4 Å². The summed E-state index contributed by atoms with van der Waals surface area (Å²) >= 11 is 3.91. The summed E-state index contributed by atoms with van der Waals surface area (Å²) in [7, 11) is 4.18. The van der Waals surface area contributed by atoms with E-state index in [9.17, 15) is 4.79 Å². The number of benzene rings is 1. The van der Waals surface area contributed by atoms with Crippen LogP contribution >= 0.6 is 23.5 Å². The highest BCUT2D eigenvalue weighted by atomic mass is 32.2. The van der Waals surface area contributed by atoms with E-state index in [1.807, 2.05) is 23.5 Å². The molecule has 28 heavy (non-hydrogen) atoms. The standard InChI is InChI=1S/C23H38N2OS2/c1-5-19-14-18(2)15-20(16-19)28-22-11-7-6-10-21(22)27-17-23(26)24-12-8-9-13-25(3)4/h14-16,21-22H,5-13,17H2,1-4H3,(H,24,26)/t21?,22-/m0/s1. The third kappa shape index (κ3) is 8.79. The van der Waals surface area contributed by atoms with Crippen LogP contribution in [0.3, 0.4) is 0 Å². The number of amides is 1. The maximum Gasteiger partial charge on any atom is 0.230 e. The molecule has 5 heteroatoms. The van der Waals surface area contributed by atoms with Crippen molar-refractivity contribution in [2.75, 3.05) is 32.9 Å². The summed E-state index contributed by atoms with van der Waals surface area (Å²) in [5.74, 6) is 0.802. The van der Waals surface area contributed by atoms with E-state index < -0.39 is 0 Å². The molecule has 0 spiro atoms. The van der Waals surface area contributed by atoms with Crippen LogP contribution in [0.15, 0.2) is 23.1 Å². The summed E-state index contributed by atoms with van der Waals surface area (Å²) in [6.07, 6.45) is 8.41. The highest BCUT2D eigenvalue weighted by Crippen LogP contribution is 2.40.